The van der Waals surface area contributed by atoms with Gasteiger partial charge in [-0.25, -0.2) is 4.98 Å². The van der Waals surface area contributed by atoms with Crippen molar-refractivity contribution in [2.45, 2.75) is 12.8 Å². The summed E-state index contributed by atoms with van der Waals surface area (Å²) >= 11 is 0. The number of aryl methyl sites for hydroxylation is 2. The summed E-state index contributed by atoms with van der Waals surface area (Å²) in [6.45, 7) is 0.720. The number of imidazole rings is 1. The first-order valence-corrected chi connectivity index (χ1v) is 6.49. The topological polar surface area (TPSA) is 57.0 Å². The lowest BCUT2D eigenvalue weighted by Gasteiger charge is -2.01. The number of furan rings is 1. The first kappa shape index (κ1) is 12.0. The van der Waals surface area contributed by atoms with Crippen LogP contribution in [0, 0.1) is 0 Å². The normalized spacial score (nSPS) is 11.3. The molecule has 0 radical (unpaired) electrons. The van der Waals surface area contributed by atoms with Crippen molar-refractivity contribution in [1.82, 2.24) is 9.55 Å². The van der Waals surface area contributed by atoms with Crippen LogP contribution in [0.3, 0.4) is 0 Å². The summed E-state index contributed by atoms with van der Waals surface area (Å²) in [5.74, 6) is 1.65. The Hall–Kier alpha value is -2.07. The second kappa shape index (κ2) is 4.90. The molecule has 2 aromatic heterocycles. The highest BCUT2D eigenvalue weighted by molar-refractivity contribution is 5.80. The van der Waals surface area contributed by atoms with Gasteiger partial charge in [0.25, 0.3) is 0 Å². The van der Waals surface area contributed by atoms with Crippen LogP contribution in [0.5, 0.6) is 0 Å². The van der Waals surface area contributed by atoms with Crippen LogP contribution in [-0.4, -0.2) is 16.1 Å². The zero-order chi connectivity index (χ0) is 13.2. The van der Waals surface area contributed by atoms with Crippen molar-refractivity contribution >= 4 is 11.0 Å². The average molecular weight is 255 g/mol. The van der Waals surface area contributed by atoms with Gasteiger partial charge in [0.1, 0.15) is 0 Å². The standard InChI is InChI=1S/C15H17N3O/c1-18-13-7-6-11(4-2-8-16)10-12(13)17-15(18)14-5-3-9-19-14/h3,5-7,9-10H,2,4,8,16H2,1H3. The third-order valence-electron chi connectivity index (χ3n) is 3.36. The fourth-order valence-electron chi connectivity index (χ4n) is 2.33. The fourth-order valence-corrected chi connectivity index (χ4v) is 2.33. The molecule has 0 fully saturated rings. The molecular formula is C15H17N3O. The van der Waals surface area contributed by atoms with E-state index in [1.165, 1.54) is 5.56 Å². The molecular weight excluding hydrogens is 238 g/mol. The number of aromatic nitrogens is 2. The van der Waals surface area contributed by atoms with Crippen LogP contribution in [0.15, 0.2) is 41.0 Å². The van der Waals surface area contributed by atoms with Crippen molar-refractivity contribution < 1.29 is 4.42 Å². The molecule has 0 aliphatic rings. The Morgan fingerprint density at radius 2 is 2.21 bits per heavy atom. The van der Waals surface area contributed by atoms with Crippen LogP contribution in [0.1, 0.15) is 12.0 Å². The molecule has 0 spiro atoms. The molecule has 0 aliphatic heterocycles. The number of nitrogens with zero attached hydrogens (tertiary/aromatic N) is 2. The van der Waals surface area contributed by atoms with Crippen molar-refractivity contribution in [2.75, 3.05) is 6.54 Å². The summed E-state index contributed by atoms with van der Waals surface area (Å²) in [6, 6.07) is 10.2. The average Bonchev–Trinajstić information content (AvgIpc) is 3.04. The van der Waals surface area contributed by atoms with Gasteiger partial charge >= 0.3 is 0 Å². The van der Waals surface area contributed by atoms with E-state index in [1.54, 1.807) is 6.26 Å². The van der Waals surface area contributed by atoms with Crippen LogP contribution in [0.2, 0.25) is 0 Å². The quantitative estimate of drug-likeness (QED) is 0.779. The molecule has 3 aromatic rings. The summed E-state index contributed by atoms with van der Waals surface area (Å²) < 4.78 is 7.48. The Labute approximate surface area is 111 Å². The zero-order valence-electron chi connectivity index (χ0n) is 11.0. The summed E-state index contributed by atoms with van der Waals surface area (Å²) in [6.07, 6.45) is 3.67. The number of benzene rings is 1. The molecule has 1 aromatic carbocycles. The number of rotatable bonds is 4. The van der Waals surface area contributed by atoms with Gasteiger partial charge in [-0.1, -0.05) is 6.07 Å². The van der Waals surface area contributed by atoms with Gasteiger partial charge in [-0.15, -0.1) is 0 Å². The maximum Gasteiger partial charge on any atom is 0.176 e. The minimum atomic E-state index is 0.720. The third kappa shape index (κ3) is 2.15. The molecule has 0 amide bonds. The highest BCUT2D eigenvalue weighted by Gasteiger charge is 2.11. The van der Waals surface area contributed by atoms with E-state index in [4.69, 9.17) is 10.2 Å². The van der Waals surface area contributed by atoms with Crippen LogP contribution in [0.4, 0.5) is 0 Å². The summed E-state index contributed by atoms with van der Waals surface area (Å²) in [7, 11) is 2.01. The minimum absolute atomic E-state index is 0.720. The van der Waals surface area contributed by atoms with E-state index in [-0.39, 0.29) is 0 Å². The van der Waals surface area contributed by atoms with Gasteiger partial charge in [-0.3, -0.25) is 0 Å². The van der Waals surface area contributed by atoms with Gasteiger partial charge in [0.05, 0.1) is 17.3 Å². The van der Waals surface area contributed by atoms with Crippen molar-refractivity contribution in [3.8, 4) is 11.6 Å². The molecule has 0 atom stereocenters. The van der Waals surface area contributed by atoms with Crippen molar-refractivity contribution in [1.29, 1.82) is 0 Å². The Bertz CT molecular complexity index is 683. The lowest BCUT2D eigenvalue weighted by atomic mass is 10.1. The summed E-state index contributed by atoms with van der Waals surface area (Å²) in [5, 5.41) is 0. The fraction of sp³-hybridized carbons (Fsp3) is 0.267. The minimum Gasteiger partial charge on any atom is -0.461 e. The Balaban J connectivity index is 2.05. The van der Waals surface area contributed by atoms with Crippen molar-refractivity contribution in [3.63, 3.8) is 0 Å². The third-order valence-corrected chi connectivity index (χ3v) is 3.36. The number of nitrogens with two attached hydrogens (primary N) is 1. The van der Waals surface area contributed by atoms with Crippen LogP contribution in [-0.2, 0) is 13.5 Å². The van der Waals surface area contributed by atoms with Crippen LogP contribution in [0.25, 0.3) is 22.6 Å². The molecule has 0 saturated carbocycles. The van der Waals surface area contributed by atoms with Crippen LogP contribution >= 0.6 is 0 Å². The van der Waals surface area contributed by atoms with Gasteiger partial charge in [-0.2, -0.15) is 0 Å². The molecule has 0 unspecified atom stereocenters. The molecule has 0 saturated heterocycles. The molecule has 3 rings (SSSR count). The molecule has 4 nitrogen and oxygen atoms in total. The van der Waals surface area contributed by atoms with Gasteiger partial charge in [0.15, 0.2) is 11.6 Å². The van der Waals surface area contributed by atoms with Gasteiger partial charge < -0.3 is 14.7 Å². The number of hydrogen-bond donors (Lipinski definition) is 1. The highest BCUT2D eigenvalue weighted by Crippen LogP contribution is 2.24. The Kier molecular flexibility index (Phi) is 3.09. The van der Waals surface area contributed by atoms with E-state index in [0.717, 1.165) is 42.0 Å². The van der Waals surface area contributed by atoms with E-state index < -0.39 is 0 Å². The number of fused-ring (bicyclic) bond motifs is 1. The smallest absolute Gasteiger partial charge is 0.176 e. The first-order chi connectivity index (χ1) is 9.29. The highest BCUT2D eigenvalue weighted by atomic mass is 16.3. The maximum atomic E-state index is 5.55. The van der Waals surface area contributed by atoms with E-state index in [1.807, 2.05) is 19.2 Å². The molecule has 19 heavy (non-hydrogen) atoms. The summed E-state index contributed by atoms with van der Waals surface area (Å²) in [4.78, 5) is 4.66. The lowest BCUT2D eigenvalue weighted by Crippen LogP contribution is -2.00. The number of hydrogen-bond acceptors (Lipinski definition) is 3. The van der Waals surface area contributed by atoms with Crippen LogP contribution < -0.4 is 5.73 Å². The second-order valence-electron chi connectivity index (χ2n) is 4.69. The molecule has 2 N–H and O–H groups in total. The van der Waals surface area contributed by atoms with Crippen molar-refractivity contribution in [3.05, 3.63) is 42.2 Å². The van der Waals surface area contributed by atoms with E-state index >= 15 is 0 Å². The molecule has 4 heteroatoms. The lowest BCUT2D eigenvalue weighted by molar-refractivity contribution is 0.574. The molecule has 2 heterocycles. The summed E-state index contributed by atoms with van der Waals surface area (Å²) in [5.41, 5.74) is 8.95. The molecule has 0 bridgehead atoms. The maximum absolute atomic E-state index is 5.55. The second-order valence-corrected chi connectivity index (χ2v) is 4.69. The monoisotopic (exact) mass is 255 g/mol. The largest absolute Gasteiger partial charge is 0.461 e. The van der Waals surface area contributed by atoms with Gasteiger partial charge in [0, 0.05) is 7.05 Å². The Morgan fingerprint density at radius 3 is 2.95 bits per heavy atom. The van der Waals surface area contributed by atoms with Gasteiger partial charge in [0.2, 0.25) is 0 Å². The Morgan fingerprint density at radius 1 is 1.32 bits per heavy atom. The molecule has 98 valence electrons. The predicted molar refractivity (Wildman–Crippen MR) is 75.8 cm³/mol. The van der Waals surface area contributed by atoms with Crippen molar-refractivity contribution in [2.24, 2.45) is 12.8 Å². The zero-order valence-corrected chi connectivity index (χ0v) is 11.0. The molecule has 0 aliphatic carbocycles. The predicted octanol–water partition coefficient (Wildman–Crippen LogP) is 2.72. The van der Waals surface area contributed by atoms with E-state index in [9.17, 15) is 0 Å². The van der Waals surface area contributed by atoms with Gasteiger partial charge in [-0.05, 0) is 49.2 Å². The SMILES string of the molecule is Cn1c(-c2ccco2)nc2cc(CCCN)ccc21. The van der Waals surface area contributed by atoms with E-state index in [2.05, 4.69) is 27.8 Å². The van der Waals surface area contributed by atoms with E-state index in [0.29, 0.717) is 0 Å². The first-order valence-electron chi connectivity index (χ1n) is 6.49.